The van der Waals surface area contributed by atoms with Crippen molar-refractivity contribution in [2.24, 2.45) is 0 Å². The first kappa shape index (κ1) is 14.4. The number of nitrogens with zero attached hydrogens (tertiary/aromatic N) is 2. The molecule has 0 saturated heterocycles. The third-order valence-electron chi connectivity index (χ3n) is 1.70. The number of rotatable bonds is 7. The molecule has 7 heteroatoms. The third-order valence-corrected chi connectivity index (χ3v) is 2.08. The lowest BCUT2D eigenvalue weighted by molar-refractivity contribution is -0.153. The van der Waals surface area contributed by atoms with Crippen LogP contribution in [-0.2, 0) is 9.47 Å². The summed E-state index contributed by atoms with van der Waals surface area (Å²) in [6, 6.07) is 1.53. The van der Waals surface area contributed by atoms with Crippen LogP contribution in [0, 0.1) is 0 Å². The molecule has 17 heavy (non-hydrogen) atoms. The second-order valence-electron chi connectivity index (χ2n) is 2.95. The van der Waals surface area contributed by atoms with E-state index in [9.17, 15) is 0 Å². The Hall–Kier alpha value is -0.620. The van der Waals surface area contributed by atoms with E-state index in [1.165, 1.54) is 6.07 Å². The van der Waals surface area contributed by atoms with Gasteiger partial charge in [0.05, 0.1) is 0 Å². The van der Waals surface area contributed by atoms with Crippen LogP contribution in [0.3, 0.4) is 0 Å². The molecule has 0 atom stereocenters. The zero-order valence-corrected chi connectivity index (χ0v) is 11.2. The van der Waals surface area contributed by atoms with Crippen molar-refractivity contribution in [1.29, 1.82) is 0 Å². The summed E-state index contributed by atoms with van der Waals surface area (Å²) in [5.41, 5.74) is 0. The first-order valence-corrected chi connectivity index (χ1v) is 5.97. The van der Waals surface area contributed by atoms with Crippen LogP contribution in [0.25, 0.3) is 0 Å². The van der Waals surface area contributed by atoms with Gasteiger partial charge in [-0.3, -0.25) is 0 Å². The molecule has 0 spiro atoms. The normalized spacial score (nSPS) is 10.9. The van der Waals surface area contributed by atoms with E-state index in [0.717, 1.165) is 0 Å². The summed E-state index contributed by atoms with van der Waals surface area (Å²) < 4.78 is 15.9. The Kier molecular flexibility index (Phi) is 6.50. The lowest BCUT2D eigenvalue weighted by Gasteiger charge is -2.16. The summed E-state index contributed by atoms with van der Waals surface area (Å²) in [5, 5.41) is 0.453. The smallest absolute Gasteiger partial charge is 0.319 e. The van der Waals surface area contributed by atoms with Gasteiger partial charge in [0.25, 0.3) is 0 Å². The molecular formula is C10H14Cl2N2O3. The average molecular weight is 281 g/mol. The van der Waals surface area contributed by atoms with Crippen LogP contribution < -0.4 is 4.74 Å². The van der Waals surface area contributed by atoms with Crippen LogP contribution in [0.5, 0.6) is 6.01 Å². The topological polar surface area (TPSA) is 53.5 Å². The monoisotopic (exact) mass is 280 g/mol. The highest BCUT2D eigenvalue weighted by Crippen LogP contribution is 2.15. The number of halogens is 2. The molecule has 0 aliphatic rings. The Morgan fingerprint density at radius 3 is 2.12 bits per heavy atom. The van der Waals surface area contributed by atoms with E-state index >= 15 is 0 Å². The molecular weight excluding hydrogens is 267 g/mol. The van der Waals surface area contributed by atoms with Crippen molar-refractivity contribution in [2.75, 3.05) is 19.8 Å². The summed E-state index contributed by atoms with van der Waals surface area (Å²) >= 11 is 11.4. The number of ether oxygens (including phenoxy) is 3. The van der Waals surface area contributed by atoms with Gasteiger partial charge in [0.2, 0.25) is 0 Å². The molecule has 96 valence electrons. The fraction of sp³-hybridized carbons (Fsp3) is 0.600. The largest absolute Gasteiger partial charge is 0.458 e. The molecule has 0 N–H and O–H groups in total. The van der Waals surface area contributed by atoms with Crippen molar-refractivity contribution >= 4 is 23.2 Å². The molecule has 0 aliphatic heterocycles. The maximum Gasteiger partial charge on any atom is 0.319 e. The highest BCUT2D eigenvalue weighted by atomic mass is 35.5. The van der Waals surface area contributed by atoms with Gasteiger partial charge >= 0.3 is 6.01 Å². The summed E-state index contributed by atoms with van der Waals surface area (Å²) in [6.07, 6.45) is -0.452. The molecule has 1 aromatic rings. The van der Waals surface area contributed by atoms with E-state index in [4.69, 9.17) is 37.4 Å². The lowest BCUT2D eigenvalue weighted by Crippen LogP contribution is -2.25. The fourth-order valence-electron chi connectivity index (χ4n) is 1.09. The van der Waals surface area contributed by atoms with E-state index in [2.05, 4.69) is 9.97 Å². The highest BCUT2D eigenvalue weighted by molar-refractivity contribution is 6.33. The van der Waals surface area contributed by atoms with Gasteiger partial charge in [-0.15, -0.1) is 0 Å². The maximum atomic E-state index is 5.71. The van der Waals surface area contributed by atoms with Crippen molar-refractivity contribution in [3.05, 3.63) is 16.4 Å². The van der Waals surface area contributed by atoms with Gasteiger partial charge in [0, 0.05) is 19.3 Å². The van der Waals surface area contributed by atoms with E-state index < -0.39 is 6.29 Å². The molecule has 0 amide bonds. The zero-order chi connectivity index (χ0) is 12.7. The lowest BCUT2D eigenvalue weighted by atomic mass is 10.6. The molecule has 0 aliphatic carbocycles. The molecule has 0 saturated carbocycles. The second-order valence-corrected chi connectivity index (χ2v) is 3.72. The van der Waals surface area contributed by atoms with Gasteiger partial charge in [0.15, 0.2) is 6.29 Å². The van der Waals surface area contributed by atoms with Crippen LogP contribution in [0.2, 0.25) is 10.3 Å². The fourth-order valence-corrected chi connectivity index (χ4v) is 1.50. The molecule has 0 aromatic carbocycles. The van der Waals surface area contributed by atoms with Crippen molar-refractivity contribution in [3.8, 4) is 6.01 Å². The van der Waals surface area contributed by atoms with Gasteiger partial charge in [-0.05, 0) is 13.8 Å². The highest BCUT2D eigenvalue weighted by Gasteiger charge is 2.10. The third kappa shape index (κ3) is 5.50. The molecule has 0 unspecified atom stereocenters. The van der Waals surface area contributed by atoms with Crippen LogP contribution in [0.15, 0.2) is 6.07 Å². The number of hydrogen-bond donors (Lipinski definition) is 0. The first-order chi connectivity index (χ1) is 8.15. The van der Waals surface area contributed by atoms with Crippen LogP contribution in [0.4, 0.5) is 0 Å². The van der Waals surface area contributed by atoms with Gasteiger partial charge in [0.1, 0.15) is 16.9 Å². The summed E-state index contributed by atoms with van der Waals surface area (Å²) in [5.74, 6) is 0. The molecule has 0 fully saturated rings. The average Bonchev–Trinajstić information content (AvgIpc) is 2.25. The van der Waals surface area contributed by atoms with Gasteiger partial charge in [-0.2, -0.15) is 9.97 Å². The Balaban J connectivity index is 2.52. The van der Waals surface area contributed by atoms with Crippen LogP contribution >= 0.6 is 23.2 Å². The van der Waals surface area contributed by atoms with Gasteiger partial charge in [-0.1, -0.05) is 23.2 Å². The predicted octanol–water partition coefficient (Wildman–Crippen LogP) is 2.56. The van der Waals surface area contributed by atoms with Crippen LogP contribution in [0.1, 0.15) is 13.8 Å². The molecule has 0 radical (unpaired) electrons. The molecule has 1 aromatic heterocycles. The van der Waals surface area contributed by atoms with Gasteiger partial charge in [-0.25, -0.2) is 0 Å². The minimum absolute atomic E-state index is 0.104. The Morgan fingerprint density at radius 2 is 1.65 bits per heavy atom. The first-order valence-electron chi connectivity index (χ1n) is 5.21. The minimum Gasteiger partial charge on any atom is -0.458 e. The van der Waals surface area contributed by atoms with Gasteiger partial charge < -0.3 is 14.2 Å². The van der Waals surface area contributed by atoms with Crippen molar-refractivity contribution in [3.63, 3.8) is 0 Å². The standard InChI is InChI=1S/C10H14Cl2N2O3/c1-3-15-9(16-4-2)6-17-10-13-7(11)5-8(12)14-10/h5,9H,3-4,6H2,1-2H3. The number of aromatic nitrogens is 2. The van der Waals surface area contributed by atoms with E-state index in [1.807, 2.05) is 13.8 Å². The quantitative estimate of drug-likeness (QED) is 0.568. The maximum absolute atomic E-state index is 5.71. The van der Waals surface area contributed by atoms with Crippen molar-refractivity contribution in [2.45, 2.75) is 20.1 Å². The SMILES string of the molecule is CCOC(COc1nc(Cl)cc(Cl)n1)OCC. The van der Waals surface area contributed by atoms with E-state index in [0.29, 0.717) is 13.2 Å². The summed E-state index contributed by atoms with van der Waals surface area (Å²) in [7, 11) is 0. The van der Waals surface area contributed by atoms with Crippen molar-refractivity contribution < 1.29 is 14.2 Å². The predicted molar refractivity (Wildman–Crippen MR) is 64.6 cm³/mol. The molecule has 1 rings (SSSR count). The summed E-state index contributed by atoms with van der Waals surface area (Å²) in [4.78, 5) is 7.73. The Morgan fingerprint density at radius 1 is 1.12 bits per heavy atom. The second kappa shape index (κ2) is 7.66. The number of hydrogen-bond acceptors (Lipinski definition) is 5. The Labute approximate surface area is 110 Å². The van der Waals surface area contributed by atoms with E-state index in [1.54, 1.807) is 0 Å². The molecule has 1 heterocycles. The zero-order valence-electron chi connectivity index (χ0n) is 9.65. The molecule has 5 nitrogen and oxygen atoms in total. The Bertz CT molecular complexity index is 326. The molecule has 0 bridgehead atoms. The van der Waals surface area contributed by atoms with Crippen LogP contribution in [-0.4, -0.2) is 36.1 Å². The van der Waals surface area contributed by atoms with E-state index in [-0.39, 0.29) is 22.9 Å². The summed E-state index contributed by atoms with van der Waals surface area (Å²) in [6.45, 7) is 4.99. The minimum atomic E-state index is -0.452. The van der Waals surface area contributed by atoms with Crippen molar-refractivity contribution in [1.82, 2.24) is 9.97 Å².